The maximum atomic E-state index is 13.1. The Balaban J connectivity index is 0.000000567. The Morgan fingerprint density at radius 3 is 1.81 bits per heavy atom. The summed E-state index contributed by atoms with van der Waals surface area (Å²) in [7, 11) is 1.78. The molecule has 0 aliphatic carbocycles. The van der Waals surface area contributed by atoms with Crippen molar-refractivity contribution in [3.63, 3.8) is 0 Å². The van der Waals surface area contributed by atoms with E-state index in [1.807, 2.05) is 60.7 Å². The van der Waals surface area contributed by atoms with Gasteiger partial charge in [-0.05, 0) is 35.9 Å². The maximum absolute atomic E-state index is 13.1. The third kappa shape index (κ3) is 3.56. The zero-order valence-electron chi connectivity index (χ0n) is 17.3. The van der Waals surface area contributed by atoms with Crippen molar-refractivity contribution in [1.82, 2.24) is 4.31 Å². The molecule has 0 radical (unpaired) electrons. The van der Waals surface area contributed by atoms with E-state index < -0.39 is 23.0 Å². The third-order valence-corrected chi connectivity index (χ3v) is 7.39. The lowest BCUT2D eigenvalue weighted by Gasteiger charge is -2.25. The average molecular weight is 444 g/mol. The van der Waals surface area contributed by atoms with Gasteiger partial charge in [-0.2, -0.15) is 0 Å². The number of hydrogen-bond donors (Lipinski definition) is 0. The van der Waals surface area contributed by atoms with Gasteiger partial charge in [0, 0.05) is 16.9 Å². The second-order valence-corrected chi connectivity index (χ2v) is 9.18. The van der Waals surface area contributed by atoms with Crippen molar-refractivity contribution >= 4 is 50.5 Å². The van der Waals surface area contributed by atoms with E-state index in [4.69, 9.17) is 9.90 Å². The number of rotatable bonds is 2. The molecule has 4 aromatic rings. The molecule has 6 nitrogen and oxygen atoms in total. The SMILES string of the molecule is CC(=O)[O-].CN1C(=O)c2cccc3cccc(c23)[S+]1c1cccc2cccc(C(=O)[O-])c12. The van der Waals surface area contributed by atoms with E-state index in [-0.39, 0.29) is 11.5 Å². The fourth-order valence-corrected chi connectivity index (χ4v) is 6.30. The van der Waals surface area contributed by atoms with Gasteiger partial charge in [-0.1, -0.05) is 54.6 Å². The van der Waals surface area contributed by atoms with Crippen LogP contribution in [0.25, 0.3) is 21.5 Å². The summed E-state index contributed by atoms with van der Waals surface area (Å²) in [5.74, 6) is -2.36. The highest BCUT2D eigenvalue weighted by Gasteiger charge is 2.43. The lowest BCUT2D eigenvalue weighted by molar-refractivity contribution is -0.302. The lowest BCUT2D eigenvalue weighted by Crippen LogP contribution is -2.37. The Kier molecular flexibility index (Phi) is 5.59. The zero-order chi connectivity index (χ0) is 23.0. The monoisotopic (exact) mass is 444 g/mol. The van der Waals surface area contributed by atoms with Crippen LogP contribution >= 0.6 is 0 Å². The van der Waals surface area contributed by atoms with Gasteiger partial charge in [-0.15, -0.1) is 4.31 Å². The number of nitrogens with zero attached hydrogens (tertiary/aromatic N) is 1. The Labute approximate surface area is 187 Å². The molecule has 1 heterocycles. The standard InChI is InChI=1S/C23H15NO3S.C2H4O2/c1-24-22(25)16-10-2-6-14-8-4-12-18(20(14)16)28(24)19-13-5-9-15-7-3-11-17(21(15)19)23(26)27;1-2(3)4/h2-13H,1H3;1H3,(H,3,4)/p-1. The van der Waals surface area contributed by atoms with Crippen molar-refractivity contribution in [1.29, 1.82) is 0 Å². The van der Waals surface area contributed by atoms with E-state index in [0.717, 1.165) is 32.9 Å². The molecule has 4 aromatic carbocycles. The molecule has 0 fully saturated rings. The van der Waals surface area contributed by atoms with E-state index in [0.29, 0.717) is 10.9 Å². The first-order chi connectivity index (χ1) is 15.3. The highest BCUT2D eigenvalue weighted by atomic mass is 32.2. The molecule has 1 aliphatic heterocycles. The van der Waals surface area contributed by atoms with Crippen molar-refractivity contribution in [2.24, 2.45) is 0 Å². The number of fused-ring (bicyclic) bond motifs is 1. The minimum Gasteiger partial charge on any atom is -0.550 e. The van der Waals surface area contributed by atoms with E-state index in [1.165, 1.54) is 0 Å². The average Bonchev–Trinajstić information content (AvgIpc) is 2.77. The van der Waals surface area contributed by atoms with Gasteiger partial charge < -0.3 is 19.8 Å². The summed E-state index contributed by atoms with van der Waals surface area (Å²) in [5, 5.41) is 24.1. The van der Waals surface area contributed by atoms with Crippen LogP contribution in [0.1, 0.15) is 27.6 Å². The number of carbonyl (C=O) groups excluding carboxylic acids is 3. The fourth-order valence-electron chi connectivity index (χ4n) is 3.95. The fraction of sp³-hybridized carbons (Fsp3) is 0.0800. The van der Waals surface area contributed by atoms with Gasteiger partial charge in [0.25, 0.3) is 5.91 Å². The molecule has 0 bridgehead atoms. The Hall–Kier alpha value is -3.84. The van der Waals surface area contributed by atoms with Crippen molar-refractivity contribution in [3.8, 4) is 0 Å². The summed E-state index contributed by atoms with van der Waals surface area (Å²) in [6.45, 7) is 0.972. The second kappa shape index (κ2) is 8.36. The van der Waals surface area contributed by atoms with Crippen molar-refractivity contribution in [2.75, 3.05) is 7.05 Å². The normalized spacial score (nSPS) is 14.8. The van der Waals surface area contributed by atoms with Crippen LogP contribution in [0, 0.1) is 0 Å². The molecule has 7 heteroatoms. The van der Waals surface area contributed by atoms with Gasteiger partial charge >= 0.3 is 0 Å². The Morgan fingerprint density at radius 2 is 1.25 bits per heavy atom. The van der Waals surface area contributed by atoms with Gasteiger partial charge in [0.2, 0.25) is 0 Å². The molecule has 1 unspecified atom stereocenters. The molecule has 1 amide bonds. The first kappa shape index (κ1) is 21.4. The molecule has 160 valence electrons. The van der Waals surface area contributed by atoms with E-state index in [1.54, 1.807) is 23.5 Å². The summed E-state index contributed by atoms with van der Waals surface area (Å²) in [6, 6.07) is 22.6. The summed E-state index contributed by atoms with van der Waals surface area (Å²) in [5.41, 5.74) is 0.826. The Bertz CT molecular complexity index is 1380. The van der Waals surface area contributed by atoms with E-state index in [9.17, 15) is 14.7 Å². The van der Waals surface area contributed by atoms with Gasteiger partial charge in [0.15, 0.2) is 20.9 Å². The maximum Gasteiger partial charge on any atom is 0.296 e. The minimum absolute atomic E-state index is 0.0597. The number of aromatic carboxylic acids is 1. The molecule has 0 N–H and O–H groups in total. The predicted molar refractivity (Wildman–Crippen MR) is 119 cm³/mol. The summed E-state index contributed by atoms with van der Waals surface area (Å²) in [6.07, 6.45) is 0. The van der Waals surface area contributed by atoms with Crippen LogP contribution in [0.4, 0.5) is 0 Å². The number of carbonyl (C=O) groups is 3. The minimum atomic E-state index is -1.22. The molecule has 5 rings (SSSR count). The molecule has 1 atom stereocenters. The van der Waals surface area contributed by atoms with Crippen LogP contribution in [0.5, 0.6) is 0 Å². The number of amides is 1. The molecule has 0 spiro atoms. The topological polar surface area (TPSA) is 101 Å². The molecule has 0 aromatic heterocycles. The number of carboxylic acids is 2. The smallest absolute Gasteiger partial charge is 0.296 e. The number of carboxylic acid groups (broad SMARTS) is 2. The highest BCUT2D eigenvalue weighted by molar-refractivity contribution is 7.95. The van der Waals surface area contributed by atoms with Crippen molar-refractivity contribution in [2.45, 2.75) is 16.7 Å². The molecule has 0 saturated carbocycles. The van der Waals surface area contributed by atoms with Gasteiger partial charge in [0.05, 0.1) is 24.0 Å². The van der Waals surface area contributed by atoms with Crippen LogP contribution in [-0.4, -0.2) is 29.2 Å². The summed E-state index contributed by atoms with van der Waals surface area (Å²) < 4.78 is 1.72. The first-order valence-electron chi connectivity index (χ1n) is 9.76. The van der Waals surface area contributed by atoms with Crippen LogP contribution in [0.3, 0.4) is 0 Å². The molecule has 1 aliphatic rings. The Morgan fingerprint density at radius 1 is 0.781 bits per heavy atom. The summed E-state index contributed by atoms with van der Waals surface area (Å²) in [4.78, 5) is 35.7. The van der Waals surface area contributed by atoms with Crippen LogP contribution in [-0.2, 0) is 15.9 Å². The van der Waals surface area contributed by atoms with Crippen LogP contribution < -0.4 is 10.2 Å². The zero-order valence-corrected chi connectivity index (χ0v) is 18.1. The van der Waals surface area contributed by atoms with Crippen molar-refractivity contribution in [3.05, 3.63) is 83.9 Å². The van der Waals surface area contributed by atoms with Gasteiger partial charge in [-0.25, -0.2) is 0 Å². The third-order valence-electron chi connectivity index (χ3n) is 5.16. The highest BCUT2D eigenvalue weighted by Crippen LogP contribution is 2.41. The molecular weight excluding hydrogens is 426 g/mol. The molecule has 32 heavy (non-hydrogen) atoms. The number of aliphatic carboxylic acids is 1. The van der Waals surface area contributed by atoms with E-state index >= 15 is 0 Å². The predicted octanol–water partition coefficient (Wildman–Crippen LogP) is 2.15. The number of benzene rings is 4. The molecular formula is C25H18NO5S-. The summed E-state index contributed by atoms with van der Waals surface area (Å²) >= 11 is -0.740. The second-order valence-electron chi connectivity index (χ2n) is 7.19. The lowest BCUT2D eigenvalue weighted by atomic mass is 10.0. The first-order valence-corrected chi connectivity index (χ1v) is 10.9. The van der Waals surface area contributed by atoms with Gasteiger partial charge in [-0.3, -0.25) is 4.79 Å². The van der Waals surface area contributed by atoms with Crippen LogP contribution in [0.15, 0.2) is 82.6 Å². The van der Waals surface area contributed by atoms with Crippen LogP contribution in [0.2, 0.25) is 0 Å². The van der Waals surface area contributed by atoms with Crippen molar-refractivity contribution < 1.29 is 24.6 Å². The quantitative estimate of drug-likeness (QED) is 0.441. The van der Waals surface area contributed by atoms with Gasteiger partial charge in [0.1, 0.15) is 0 Å². The largest absolute Gasteiger partial charge is 0.550 e. The number of hydrogen-bond acceptors (Lipinski definition) is 5. The van der Waals surface area contributed by atoms with E-state index in [2.05, 4.69) is 0 Å². The molecule has 0 saturated heterocycles.